The summed E-state index contributed by atoms with van der Waals surface area (Å²) in [4.78, 5) is 0. The van der Waals surface area contributed by atoms with E-state index in [1.807, 2.05) is 19.9 Å². The summed E-state index contributed by atoms with van der Waals surface area (Å²) in [5.74, 6) is 0.101. The average molecular weight is 302 g/mol. The molecule has 0 saturated heterocycles. The highest BCUT2D eigenvalue weighted by Gasteiger charge is 2.33. The molecular weight excluding hydrogens is 276 g/mol. The van der Waals surface area contributed by atoms with Crippen molar-refractivity contribution in [2.45, 2.75) is 52.1 Å². The van der Waals surface area contributed by atoms with E-state index >= 15 is 0 Å². The van der Waals surface area contributed by atoms with Gasteiger partial charge in [0.2, 0.25) is 0 Å². The highest BCUT2D eigenvalue weighted by atomic mass is 16.3. The van der Waals surface area contributed by atoms with Crippen molar-refractivity contribution in [3.8, 4) is 11.5 Å². The third-order valence-electron chi connectivity index (χ3n) is 4.58. The predicted molar refractivity (Wildman–Crippen MR) is 89.2 cm³/mol. The molecule has 120 valence electrons. The number of aliphatic hydroxyl groups is 1. The fraction of sp³-hybridized carbons (Fsp3) is 0.474. The van der Waals surface area contributed by atoms with Crippen LogP contribution in [0.15, 0.2) is 35.9 Å². The van der Waals surface area contributed by atoms with Crippen LogP contribution in [0.1, 0.15) is 50.7 Å². The number of hydrogen-bond acceptors (Lipinski definition) is 3. The van der Waals surface area contributed by atoms with E-state index in [4.69, 9.17) is 0 Å². The van der Waals surface area contributed by atoms with Gasteiger partial charge in [-0.3, -0.25) is 0 Å². The third-order valence-corrected chi connectivity index (χ3v) is 4.58. The van der Waals surface area contributed by atoms with Gasteiger partial charge in [0.15, 0.2) is 0 Å². The van der Waals surface area contributed by atoms with Crippen LogP contribution in [0, 0.1) is 5.92 Å². The van der Waals surface area contributed by atoms with Crippen LogP contribution in [0.2, 0.25) is 0 Å². The molecule has 0 spiro atoms. The van der Waals surface area contributed by atoms with E-state index in [0.717, 1.165) is 29.6 Å². The maximum atomic E-state index is 10.4. The van der Waals surface area contributed by atoms with E-state index in [9.17, 15) is 15.3 Å². The molecule has 3 nitrogen and oxygen atoms in total. The molecule has 0 amide bonds. The molecule has 1 aromatic carbocycles. The summed E-state index contributed by atoms with van der Waals surface area (Å²) in [6.07, 6.45) is 3.81. The van der Waals surface area contributed by atoms with Crippen molar-refractivity contribution in [2.24, 2.45) is 5.92 Å². The maximum Gasteiger partial charge on any atom is 0.123 e. The van der Waals surface area contributed by atoms with E-state index in [1.165, 1.54) is 0 Å². The number of hydrogen-bond donors (Lipinski definition) is 3. The second-order valence-electron chi connectivity index (χ2n) is 6.44. The van der Waals surface area contributed by atoms with Crippen molar-refractivity contribution in [1.29, 1.82) is 0 Å². The summed E-state index contributed by atoms with van der Waals surface area (Å²) in [5, 5.41) is 30.9. The number of aromatic hydroxyl groups is 2. The Labute approximate surface area is 132 Å². The monoisotopic (exact) mass is 302 g/mol. The summed E-state index contributed by atoms with van der Waals surface area (Å²) in [5.41, 5.74) is 3.30. The van der Waals surface area contributed by atoms with Crippen LogP contribution >= 0.6 is 0 Å². The largest absolute Gasteiger partial charge is 0.507 e. The lowest BCUT2D eigenvalue weighted by molar-refractivity contribution is 0.168. The Kier molecular flexibility index (Phi) is 4.97. The minimum Gasteiger partial charge on any atom is -0.507 e. The van der Waals surface area contributed by atoms with Gasteiger partial charge in [-0.2, -0.15) is 0 Å². The first kappa shape index (κ1) is 16.6. The fourth-order valence-electron chi connectivity index (χ4n) is 3.33. The molecule has 2 rings (SSSR count). The molecule has 0 aliphatic heterocycles. The molecule has 0 fully saturated rings. The zero-order chi connectivity index (χ0) is 16.4. The van der Waals surface area contributed by atoms with Gasteiger partial charge in [0.1, 0.15) is 11.5 Å². The van der Waals surface area contributed by atoms with Gasteiger partial charge in [0.05, 0.1) is 6.10 Å². The first-order chi connectivity index (χ1) is 10.3. The number of rotatable bonds is 4. The van der Waals surface area contributed by atoms with E-state index in [1.54, 1.807) is 12.1 Å². The first-order valence-electron chi connectivity index (χ1n) is 7.91. The zero-order valence-corrected chi connectivity index (χ0v) is 13.6. The van der Waals surface area contributed by atoms with Crippen LogP contribution in [0.3, 0.4) is 0 Å². The van der Waals surface area contributed by atoms with Crippen molar-refractivity contribution in [1.82, 2.24) is 0 Å². The lowest BCUT2D eigenvalue weighted by Gasteiger charge is -2.34. The Morgan fingerprint density at radius 2 is 1.86 bits per heavy atom. The van der Waals surface area contributed by atoms with E-state index in [0.29, 0.717) is 12.0 Å². The molecule has 0 saturated carbocycles. The summed E-state index contributed by atoms with van der Waals surface area (Å²) in [6.45, 7) is 9.89. The second kappa shape index (κ2) is 6.57. The van der Waals surface area contributed by atoms with Crippen LogP contribution in [-0.4, -0.2) is 21.4 Å². The maximum absolute atomic E-state index is 10.4. The predicted octanol–water partition coefficient (Wildman–Crippen LogP) is 4.04. The van der Waals surface area contributed by atoms with Crippen LogP contribution in [-0.2, 0) is 6.42 Å². The molecule has 0 bridgehead atoms. The van der Waals surface area contributed by atoms with Crippen LogP contribution in [0.4, 0.5) is 0 Å². The van der Waals surface area contributed by atoms with E-state index < -0.39 is 6.10 Å². The van der Waals surface area contributed by atoms with Crippen LogP contribution in [0.5, 0.6) is 11.5 Å². The molecule has 1 aromatic rings. The number of aryl methyl sites for hydroxylation is 1. The van der Waals surface area contributed by atoms with Crippen molar-refractivity contribution in [3.63, 3.8) is 0 Å². The second-order valence-corrected chi connectivity index (χ2v) is 6.44. The van der Waals surface area contributed by atoms with Gasteiger partial charge in [-0.05, 0) is 55.9 Å². The fourth-order valence-corrected chi connectivity index (χ4v) is 3.33. The molecule has 3 heteroatoms. The standard InChI is InChI=1S/C19H26O3/c1-5-6-13-8-17(21)19(18(22)9-13)15-7-12(4)16(20)10-14(15)11(2)3/h7-9,14-16,20-22H,2,5-6,10H2,1,3-4H3/t14-,15+,16?/m0/s1. The number of benzene rings is 1. The van der Waals surface area contributed by atoms with Gasteiger partial charge < -0.3 is 15.3 Å². The zero-order valence-electron chi connectivity index (χ0n) is 13.6. The third kappa shape index (κ3) is 3.20. The number of aliphatic hydroxyl groups excluding tert-OH is 1. The summed E-state index contributed by atoms with van der Waals surface area (Å²) < 4.78 is 0. The number of phenols is 2. The van der Waals surface area contributed by atoms with Crippen molar-refractivity contribution >= 4 is 0 Å². The molecular formula is C19H26O3. The minimum absolute atomic E-state index is 0.00697. The van der Waals surface area contributed by atoms with E-state index in [2.05, 4.69) is 13.5 Å². The Bertz CT molecular complexity index is 578. The molecule has 3 N–H and O–H groups in total. The highest BCUT2D eigenvalue weighted by Crippen LogP contribution is 2.46. The van der Waals surface area contributed by atoms with Crippen molar-refractivity contribution in [2.75, 3.05) is 0 Å². The molecule has 3 atom stereocenters. The molecule has 1 aliphatic carbocycles. The topological polar surface area (TPSA) is 60.7 Å². The molecule has 0 aromatic heterocycles. The normalized spacial score (nSPS) is 24.9. The van der Waals surface area contributed by atoms with Crippen LogP contribution < -0.4 is 0 Å². The van der Waals surface area contributed by atoms with Gasteiger partial charge >= 0.3 is 0 Å². The quantitative estimate of drug-likeness (QED) is 0.736. The molecule has 22 heavy (non-hydrogen) atoms. The Morgan fingerprint density at radius 3 is 2.36 bits per heavy atom. The summed E-state index contributed by atoms with van der Waals surface area (Å²) in [6, 6.07) is 3.48. The highest BCUT2D eigenvalue weighted by molar-refractivity contribution is 5.52. The molecule has 0 radical (unpaired) electrons. The Hall–Kier alpha value is -1.74. The van der Waals surface area contributed by atoms with Gasteiger partial charge in [0, 0.05) is 11.5 Å². The summed E-state index contributed by atoms with van der Waals surface area (Å²) >= 11 is 0. The molecule has 1 unspecified atom stereocenters. The van der Waals surface area contributed by atoms with Gasteiger partial charge in [-0.15, -0.1) is 0 Å². The number of phenolic OH excluding ortho intramolecular Hbond substituents is 2. The SMILES string of the molecule is C=C(C)[C@@H]1CC(O)C(C)=C[C@H]1c1c(O)cc(CCC)cc1O. The first-order valence-corrected chi connectivity index (χ1v) is 7.91. The lowest BCUT2D eigenvalue weighted by atomic mass is 9.72. The minimum atomic E-state index is -0.485. The summed E-state index contributed by atoms with van der Waals surface area (Å²) in [7, 11) is 0. The molecule has 1 aliphatic rings. The Morgan fingerprint density at radius 1 is 1.27 bits per heavy atom. The van der Waals surface area contributed by atoms with Gasteiger partial charge in [0.25, 0.3) is 0 Å². The average Bonchev–Trinajstić information content (AvgIpc) is 2.41. The smallest absolute Gasteiger partial charge is 0.123 e. The van der Waals surface area contributed by atoms with Crippen molar-refractivity contribution in [3.05, 3.63) is 47.1 Å². The van der Waals surface area contributed by atoms with E-state index in [-0.39, 0.29) is 23.3 Å². The van der Waals surface area contributed by atoms with Gasteiger partial charge in [-0.25, -0.2) is 0 Å². The Balaban J connectivity index is 2.50. The van der Waals surface area contributed by atoms with Gasteiger partial charge in [-0.1, -0.05) is 31.6 Å². The molecule has 0 heterocycles. The van der Waals surface area contributed by atoms with Crippen LogP contribution in [0.25, 0.3) is 0 Å². The number of allylic oxidation sites excluding steroid dienone is 2. The van der Waals surface area contributed by atoms with Crippen molar-refractivity contribution < 1.29 is 15.3 Å². The lowest BCUT2D eigenvalue weighted by Crippen LogP contribution is -2.26.